The number of halogens is 1. The maximum Gasteiger partial charge on any atom is 0.257 e. The van der Waals surface area contributed by atoms with E-state index in [1.807, 2.05) is 26.0 Å². The van der Waals surface area contributed by atoms with Gasteiger partial charge in [0, 0.05) is 5.69 Å². The van der Waals surface area contributed by atoms with Crippen LogP contribution in [0.1, 0.15) is 29.8 Å². The van der Waals surface area contributed by atoms with Crippen LogP contribution in [-0.2, 0) is 5.41 Å². The molecule has 1 amide bonds. The summed E-state index contributed by atoms with van der Waals surface area (Å²) in [5.74, 6) is -0.257. The first-order valence-electron chi connectivity index (χ1n) is 6.52. The predicted molar refractivity (Wildman–Crippen MR) is 84.5 cm³/mol. The van der Waals surface area contributed by atoms with Crippen LogP contribution in [0.5, 0.6) is 0 Å². The molecule has 0 aliphatic rings. The van der Waals surface area contributed by atoms with Crippen LogP contribution in [0, 0.1) is 11.3 Å². The van der Waals surface area contributed by atoms with E-state index in [-0.39, 0.29) is 5.91 Å². The molecule has 0 saturated heterocycles. The van der Waals surface area contributed by atoms with E-state index in [9.17, 15) is 4.79 Å². The van der Waals surface area contributed by atoms with E-state index in [1.165, 1.54) is 0 Å². The van der Waals surface area contributed by atoms with Crippen molar-refractivity contribution in [3.8, 4) is 6.07 Å². The molecule has 0 aliphatic heterocycles. The van der Waals surface area contributed by atoms with Gasteiger partial charge in [-0.25, -0.2) is 0 Å². The fraction of sp³-hybridized carbons (Fsp3) is 0.176. The molecule has 3 nitrogen and oxygen atoms in total. The molecule has 0 fully saturated rings. The van der Waals surface area contributed by atoms with Gasteiger partial charge in [0.05, 0.1) is 22.1 Å². The average molecular weight is 299 g/mol. The summed E-state index contributed by atoms with van der Waals surface area (Å²) in [5.41, 5.74) is 1.45. The lowest BCUT2D eigenvalue weighted by Gasteiger charge is -2.16. The number of carbonyl (C=O) groups excluding carboxylic acids is 1. The van der Waals surface area contributed by atoms with Crippen molar-refractivity contribution < 1.29 is 4.79 Å². The van der Waals surface area contributed by atoms with Crippen LogP contribution in [-0.4, -0.2) is 5.91 Å². The fourth-order valence-electron chi connectivity index (χ4n) is 1.88. The molecular formula is C17H15ClN2O. The van der Waals surface area contributed by atoms with Gasteiger partial charge in [0.1, 0.15) is 0 Å². The summed E-state index contributed by atoms with van der Waals surface area (Å²) in [6.45, 7) is 3.70. The molecule has 0 atom stereocenters. The molecule has 0 bridgehead atoms. The number of nitrogens with zero attached hydrogens (tertiary/aromatic N) is 1. The van der Waals surface area contributed by atoms with Gasteiger partial charge in [-0.2, -0.15) is 5.26 Å². The minimum absolute atomic E-state index is 0.257. The van der Waals surface area contributed by atoms with E-state index in [1.54, 1.807) is 36.4 Å². The molecule has 0 spiro atoms. The van der Waals surface area contributed by atoms with Crippen molar-refractivity contribution in [2.75, 3.05) is 5.32 Å². The lowest BCUT2D eigenvalue weighted by atomic mass is 9.86. The zero-order valence-corrected chi connectivity index (χ0v) is 12.6. The van der Waals surface area contributed by atoms with Crippen LogP contribution in [0.15, 0.2) is 48.5 Å². The smallest absolute Gasteiger partial charge is 0.257 e. The molecule has 1 N–H and O–H groups in total. The van der Waals surface area contributed by atoms with Crippen molar-refractivity contribution in [2.24, 2.45) is 0 Å². The van der Waals surface area contributed by atoms with Gasteiger partial charge in [-0.1, -0.05) is 35.9 Å². The molecule has 21 heavy (non-hydrogen) atoms. The monoisotopic (exact) mass is 298 g/mol. The lowest BCUT2D eigenvalue weighted by molar-refractivity contribution is 0.102. The SMILES string of the molecule is CC(C)(C#N)c1ccc(NC(=O)c2ccccc2Cl)cc1. The average Bonchev–Trinajstić information content (AvgIpc) is 2.48. The Morgan fingerprint density at radius 2 is 1.76 bits per heavy atom. The summed E-state index contributed by atoms with van der Waals surface area (Å²) >= 11 is 5.99. The van der Waals surface area contributed by atoms with Crippen molar-refractivity contribution >= 4 is 23.2 Å². The van der Waals surface area contributed by atoms with E-state index in [0.717, 1.165) is 5.56 Å². The molecule has 0 radical (unpaired) electrons. The largest absolute Gasteiger partial charge is 0.322 e. The highest BCUT2D eigenvalue weighted by molar-refractivity contribution is 6.34. The van der Waals surface area contributed by atoms with E-state index < -0.39 is 5.41 Å². The van der Waals surface area contributed by atoms with Crippen LogP contribution < -0.4 is 5.32 Å². The molecule has 0 saturated carbocycles. The quantitative estimate of drug-likeness (QED) is 0.913. The van der Waals surface area contributed by atoms with Crippen LogP contribution in [0.25, 0.3) is 0 Å². The van der Waals surface area contributed by atoms with Crippen molar-refractivity contribution in [3.63, 3.8) is 0 Å². The van der Waals surface area contributed by atoms with Gasteiger partial charge in [0.25, 0.3) is 5.91 Å². The van der Waals surface area contributed by atoms with Crippen molar-refractivity contribution in [2.45, 2.75) is 19.3 Å². The molecule has 0 heterocycles. The summed E-state index contributed by atoms with van der Waals surface area (Å²) in [5, 5.41) is 12.3. The van der Waals surface area contributed by atoms with Crippen molar-refractivity contribution in [1.29, 1.82) is 5.26 Å². The molecule has 2 rings (SSSR count). The van der Waals surface area contributed by atoms with Crippen molar-refractivity contribution in [1.82, 2.24) is 0 Å². The Balaban J connectivity index is 2.17. The highest BCUT2D eigenvalue weighted by Gasteiger charge is 2.19. The molecule has 0 aliphatic carbocycles. The first-order chi connectivity index (χ1) is 9.94. The Hall–Kier alpha value is -2.31. The number of amides is 1. The Morgan fingerprint density at radius 3 is 2.33 bits per heavy atom. The second-order valence-corrected chi connectivity index (χ2v) is 5.66. The van der Waals surface area contributed by atoms with E-state index >= 15 is 0 Å². The third-order valence-electron chi connectivity index (χ3n) is 3.26. The summed E-state index contributed by atoms with van der Waals surface area (Å²) < 4.78 is 0. The number of rotatable bonds is 3. The normalized spacial score (nSPS) is 10.8. The van der Waals surface area contributed by atoms with Gasteiger partial charge in [0.15, 0.2) is 0 Å². The molecule has 0 unspecified atom stereocenters. The topological polar surface area (TPSA) is 52.9 Å². The first-order valence-corrected chi connectivity index (χ1v) is 6.89. The van der Waals surface area contributed by atoms with Gasteiger partial charge in [-0.05, 0) is 43.7 Å². The first kappa shape index (κ1) is 15.1. The predicted octanol–water partition coefficient (Wildman–Crippen LogP) is 4.39. The number of benzene rings is 2. The minimum Gasteiger partial charge on any atom is -0.322 e. The number of carbonyl (C=O) groups is 1. The van der Waals surface area contributed by atoms with Gasteiger partial charge >= 0.3 is 0 Å². The lowest BCUT2D eigenvalue weighted by Crippen LogP contribution is -2.15. The van der Waals surface area contributed by atoms with Gasteiger partial charge in [-0.3, -0.25) is 4.79 Å². The Kier molecular flexibility index (Phi) is 4.30. The summed E-state index contributed by atoms with van der Waals surface area (Å²) in [4.78, 5) is 12.1. The third-order valence-corrected chi connectivity index (χ3v) is 3.59. The highest BCUT2D eigenvalue weighted by Crippen LogP contribution is 2.24. The molecule has 106 valence electrons. The van der Waals surface area contributed by atoms with E-state index in [2.05, 4.69) is 11.4 Å². The molecule has 0 aromatic heterocycles. The minimum atomic E-state index is -0.550. The van der Waals surface area contributed by atoms with Crippen LogP contribution in [0.4, 0.5) is 5.69 Å². The molecule has 2 aromatic rings. The zero-order chi connectivity index (χ0) is 15.5. The Morgan fingerprint density at radius 1 is 1.14 bits per heavy atom. The molecule has 2 aromatic carbocycles. The number of nitriles is 1. The Bertz CT molecular complexity index is 699. The van der Waals surface area contributed by atoms with Crippen LogP contribution >= 0.6 is 11.6 Å². The second kappa shape index (κ2) is 5.99. The standard InChI is InChI=1S/C17H15ClN2O/c1-17(2,11-19)12-7-9-13(10-8-12)20-16(21)14-5-3-4-6-15(14)18/h3-10H,1-2H3,(H,20,21). The number of hydrogen-bond donors (Lipinski definition) is 1. The number of hydrogen-bond acceptors (Lipinski definition) is 2. The highest BCUT2D eigenvalue weighted by atomic mass is 35.5. The number of anilines is 1. The maximum absolute atomic E-state index is 12.1. The third kappa shape index (κ3) is 3.42. The fourth-order valence-corrected chi connectivity index (χ4v) is 2.10. The van der Waals surface area contributed by atoms with Gasteiger partial charge < -0.3 is 5.32 Å². The molecule has 4 heteroatoms. The second-order valence-electron chi connectivity index (χ2n) is 5.25. The van der Waals surface area contributed by atoms with Gasteiger partial charge in [-0.15, -0.1) is 0 Å². The van der Waals surface area contributed by atoms with E-state index in [4.69, 9.17) is 16.9 Å². The summed E-state index contributed by atoms with van der Waals surface area (Å²) in [6, 6.07) is 16.4. The number of nitrogens with one attached hydrogen (secondary N) is 1. The summed E-state index contributed by atoms with van der Waals surface area (Å²) in [6.07, 6.45) is 0. The summed E-state index contributed by atoms with van der Waals surface area (Å²) in [7, 11) is 0. The Labute approximate surface area is 129 Å². The van der Waals surface area contributed by atoms with Crippen LogP contribution in [0.3, 0.4) is 0 Å². The van der Waals surface area contributed by atoms with E-state index in [0.29, 0.717) is 16.3 Å². The van der Waals surface area contributed by atoms with Gasteiger partial charge in [0.2, 0.25) is 0 Å². The van der Waals surface area contributed by atoms with Crippen molar-refractivity contribution in [3.05, 3.63) is 64.7 Å². The van der Waals surface area contributed by atoms with Crippen LogP contribution in [0.2, 0.25) is 5.02 Å². The maximum atomic E-state index is 12.1. The molecular weight excluding hydrogens is 284 g/mol. The zero-order valence-electron chi connectivity index (χ0n) is 11.9.